The molecule has 0 atom stereocenters. The van der Waals surface area contributed by atoms with Crippen molar-refractivity contribution < 1.29 is 14.3 Å². The van der Waals surface area contributed by atoms with Gasteiger partial charge >= 0.3 is 6.09 Å². The lowest BCUT2D eigenvalue weighted by molar-refractivity contribution is -0.124. The molecule has 1 fully saturated rings. The molecule has 0 aromatic rings. The highest BCUT2D eigenvalue weighted by atomic mass is 16.6. The van der Waals surface area contributed by atoms with Crippen molar-refractivity contribution in [1.29, 1.82) is 0 Å². The molecule has 0 unspecified atom stereocenters. The van der Waals surface area contributed by atoms with Crippen molar-refractivity contribution in [2.45, 2.75) is 45.2 Å². The minimum Gasteiger partial charge on any atom is -0.439 e. The van der Waals surface area contributed by atoms with Gasteiger partial charge in [-0.05, 0) is 46.7 Å². The third kappa shape index (κ3) is 6.44. The van der Waals surface area contributed by atoms with Crippen LogP contribution in [0.15, 0.2) is 0 Å². The van der Waals surface area contributed by atoms with Crippen molar-refractivity contribution in [2.24, 2.45) is 0 Å². The van der Waals surface area contributed by atoms with Gasteiger partial charge in [-0.15, -0.1) is 0 Å². The standard InChI is InChI=1S/C12H23N3O3/c1-12(2,3)15-11(17)18-8-10(16)14-9-4-6-13-7-5-9/h9,13H,4-8H2,1-3H3,(H,14,16)(H,15,17). The zero-order valence-corrected chi connectivity index (χ0v) is 11.3. The summed E-state index contributed by atoms with van der Waals surface area (Å²) in [6.07, 6.45) is 1.27. The van der Waals surface area contributed by atoms with Crippen molar-refractivity contribution in [3.05, 3.63) is 0 Å². The van der Waals surface area contributed by atoms with Crippen LogP contribution in [0.3, 0.4) is 0 Å². The number of nitrogens with one attached hydrogen (secondary N) is 3. The number of amides is 2. The van der Waals surface area contributed by atoms with E-state index in [4.69, 9.17) is 4.74 Å². The van der Waals surface area contributed by atoms with Gasteiger partial charge in [0.05, 0.1) is 0 Å². The maximum atomic E-state index is 11.5. The Morgan fingerprint density at radius 2 is 1.89 bits per heavy atom. The van der Waals surface area contributed by atoms with E-state index in [0.717, 1.165) is 25.9 Å². The number of piperidine rings is 1. The highest BCUT2D eigenvalue weighted by molar-refractivity contribution is 5.80. The molecule has 2 amide bonds. The van der Waals surface area contributed by atoms with E-state index in [1.807, 2.05) is 20.8 Å². The van der Waals surface area contributed by atoms with Gasteiger partial charge in [-0.2, -0.15) is 0 Å². The third-order valence-corrected chi connectivity index (χ3v) is 2.52. The second-order valence-corrected chi connectivity index (χ2v) is 5.54. The van der Waals surface area contributed by atoms with E-state index in [0.29, 0.717) is 0 Å². The Kier molecular flexibility index (Phi) is 5.40. The first-order chi connectivity index (χ1) is 8.37. The van der Waals surface area contributed by atoms with Gasteiger partial charge in [0, 0.05) is 11.6 Å². The van der Waals surface area contributed by atoms with Crippen molar-refractivity contribution in [2.75, 3.05) is 19.7 Å². The Balaban J connectivity index is 2.18. The van der Waals surface area contributed by atoms with Gasteiger partial charge in [0.2, 0.25) is 0 Å². The van der Waals surface area contributed by atoms with Crippen molar-refractivity contribution >= 4 is 12.0 Å². The van der Waals surface area contributed by atoms with Crippen LogP contribution in [0.5, 0.6) is 0 Å². The molecule has 1 heterocycles. The molecule has 18 heavy (non-hydrogen) atoms. The molecule has 104 valence electrons. The molecule has 0 bridgehead atoms. The summed E-state index contributed by atoms with van der Waals surface area (Å²) in [5.74, 6) is -0.244. The zero-order valence-electron chi connectivity index (χ0n) is 11.3. The Hall–Kier alpha value is -1.30. The summed E-state index contributed by atoms with van der Waals surface area (Å²) < 4.78 is 4.84. The molecule has 1 aliphatic rings. The summed E-state index contributed by atoms with van der Waals surface area (Å²) in [4.78, 5) is 22.9. The van der Waals surface area contributed by atoms with Gasteiger partial charge in [-0.3, -0.25) is 4.79 Å². The van der Waals surface area contributed by atoms with Crippen LogP contribution >= 0.6 is 0 Å². The molecule has 1 aliphatic heterocycles. The Morgan fingerprint density at radius 3 is 2.44 bits per heavy atom. The van der Waals surface area contributed by atoms with Crippen LogP contribution in [0.2, 0.25) is 0 Å². The molecule has 1 saturated heterocycles. The SMILES string of the molecule is CC(C)(C)NC(=O)OCC(=O)NC1CCNCC1. The Bertz CT molecular complexity index is 293. The van der Waals surface area contributed by atoms with Crippen LogP contribution < -0.4 is 16.0 Å². The van der Waals surface area contributed by atoms with Crippen LogP contribution in [0.4, 0.5) is 4.79 Å². The number of hydrogen-bond acceptors (Lipinski definition) is 4. The molecule has 6 nitrogen and oxygen atoms in total. The average molecular weight is 257 g/mol. The van der Waals surface area contributed by atoms with E-state index in [1.165, 1.54) is 0 Å². The second-order valence-electron chi connectivity index (χ2n) is 5.54. The van der Waals surface area contributed by atoms with Gasteiger partial charge in [0.15, 0.2) is 6.61 Å². The number of carbonyl (C=O) groups is 2. The highest BCUT2D eigenvalue weighted by Crippen LogP contribution is 2.02. The Morgan fingerprint density at radius 1 is 1.28 bits per heavy atom. The van der Waals surface area contributed by atoms with E-state index < -0.39 is 6.09 Å². The lowest BCUT2D eigenvalue weighted by Gasteiger charge is -2.24. The molecule has 0 aromatic carbocycles. The van der Waals surface area contributed by atoms with Gasteiger partial charge in [0.1, 0.15) is 0 Å². The van der Waals surface area contributed by atoms with Crippen LogP contribution in [-0.2, 0) is 9.53 Å². The van der Waals surface area contributed by atoms with Gasteiger partial charge < -0.3 is 20.7 Å². The van der Waals surface area contributed by atoms with Crippen LogP contribution in [-0.4, -0.2) is 43.3 Å². The molecule has 6 heteroatoms. The maximum absolute atomic E-state index is 11.5. The maximum Gasteiger partial charge on any atom is 0.408 e. The fourth-order valence-corrected chi connectivity index (χ4v) is 1.71. The van der Waals surface area contributed by atoms with Crippen molar-refractivity contribution in [3.63, 3.8) is 0 Å². The summed E-state index contributed by atoms with van der Waals surface area (Å²) in [6, 6.07) is 0.188. The fourth-order valence-electron chi connectivity index (χ4n) is 1.71. The van der Waals surface area contributed by atoms with Crippen molar-refractivity contribution in [1.82, 2.24) is 16.0 Å². The first-order valence-electron chi connectivity index (χ1n) is 6.32. The molecule has 0 aliphatic carbocycles. The minimum atomic E-state index is -0.567. The number of rotatable bonds is 3. The first kappa shape index (κ1) is 14.8. The van der Waals surface area contributed by atoms with Crippen LogP contribution in [0, 0.1) is 0 Å². The zero-order chi connectivity index (χ0) is 13.6. The molecule has 0 spiro atoms. The van der Waals surface area contributed by atoms with Gasteiger partial charge in [0.25, 0.3) is 5.91 Å². The van der Waals surface area contributed by atoms with Crippen LogP contribution in [0.1, 0.15) is 33.6 Å². The minimum absolute atomic E-state index is 0.188. The lowest BCUT2D eigenvalue weighted by atomic mass is 10.1. The fraction of sp³-hybridized carbons (Fsp3) is 0.833. The number of hydrogen-bond donors (Lipinski definition) is 3. The Labute approximate surface area is 108 Å². The van der Waals surface area contributed by atoms with Gasteiger partial charge in [-0.1, -0.05) is 0 Å². The van der Waals surface area contributed by atoms with Gasteiger partial charge in [-0.25, -0.2) is 4.79 Å². The normalized spacial score (nSPS) is 17.1. The topological polar surface area (TPSA) is 79.5 Å². The van der Waals surface area contributed by atoms with E-state index in [-0.39, 0.29) is 24.1 Å². The van der Waals surface area contributed by atoms with E-state index >= 15 is 0 Å². The second kappa shape index (κ2) is 6.58. The first-order valence-corrected chi connectivity index (χ1v) is 6.32. The molecule has 0 saturated carbocycles. The molecule has 1 rings (SSSR count). The molecule has 3 N–H and O–H groups in total. The molecule has 0 aromatic heterocycles. The van der Waals surface area contributed by atoms with E-state index in [1.54, 1.807) is 0 Å². The summed E-state index contributed by atoms with van der Waals surface area (Å²) in [7, 11) is 0. The monoisotopic (exact) mass is 257 g/mol. The summed E-state index contributed by atoms with van der Waals surface area (Å²) in [5.41, 5.74) is -0.359. The number of alkyl carbamates (subject to hydrolysis) is 1. The molecule has 0 radical (unpaired) electrons. The third-order valence-electron chi connectivity index (χ3n) is 2.52. The summed E-state index contributed by atoms with van der Waals surface area (Å²) in [5, 5.41) is 8.70. The smallest absolute Gasteiger partial charge is 0.408 e. The molecular formula is C12H23N3O3. The van der Waals surface area contributed by atoms with Crippen LogP contribution in [0.25, 0.3) is 0 Å². The lowest BCUT2D eigenvalue weighted by Crippen LogP contribution is -2.45. The largest absolute Gasteiger partial charge is 0.439 e. The summed E-state index contributed by atoms with van der Waals surface area (Å²) >= 11 is 0. The molecular weight excluding hydrogens is 234 g/mol. The average Bonchev–Trinajstić information content (AvgIpc) is 2.25. The highest BCUT2D eigenvalue weighted by Gasteiger charge is 2.18. The van der Waals surface area contributed by atoms with E-state index in [2.05, 4.69) is 16.0 Å². The predicted octanol–water partition coefficient (Wildman–Crippen LogP) is 0.379. The quantitative estimate of drug-likeness (QED) is 0.683. The summed E-state index contributed by atoms with van der Waals surface area (Å²) in [6.45, 7) is 7.15. The number of ether oxygens (including phenoxy) is 1. The predicted molar refractivity (Wildman–Crippen MR) is 68.3 cm³/mol. The van der Waals surface area contributed by atoms with Crippen molar-refractivity contribution in [3.8, 4) is 0 Å². The number of carbonyl (C=O) groups excluding carboxylic acids is 2. The van der Waals surface area contributed by atoms with E-state index in [9.17, 15) is 9.59 Å².